The quantitative estimate of drug-likeness (QED) is 0.400. The summed E-state index contributed by atoms with van der Waals surface area (Å²) in [5.41, 5.74) is 3.78. The molecule has 0 saturated carbocycles. The van der Waals surface area contributed by atoms with Crippen molar-refractivity contribution >= 4 is 29.3 Å². The third-order valence-corrected chi connectivity index (χ3v) is 6.61. The van der Waals surface area contributed by atoms with Gasteiger partial charge in [-0.1, -0.05) is 59.8 Å². The molecule has 3 aromatic rings. The summed E-state index contributed by atoms with van der Waals surface area (Å²) in [6, 6.07) is 22.5. The molecule has 2 heterocycles. The molecule has 4 rings (SSSR count). The summed E-state index contributed by atoms with van der Waals surface area (Å²) in [4.78, 5) is 25.7. The van der Waals surface area contributed by atoms with Crippen molar-refractivity contribution in [3.8, 4) is 6.07 Å². The van der Waals surface area contributed by atoms with E-state index in [-0.39, 0.29) is 23.8 Å². The third kappa shape index (κ3) is 5.88. The SMILES string of the molecule is CC1=C(C(=O)OCc2ccccc2)[C@H](c2ccco2)C(C#N)=C(SCC(=O)Nc2ccc(C)cc2)N1. The molecule has 36 heavy (non-hydrogen) atoms. The molecule has 8 heteroatoms. The summed E-state index contributed by atoms with van der Waals surface area (Å²) < 4.78 is 11.2. The van der Waals surface area contributed by atoms with Crippen LogP contribution in [0.1, 0.15) is 29.7 Å². The maximum Gasteiger partial charge on any atom is 0.337 e. The molecular formula is C28H25N3O4S. The van der Waals surface area contributed by atoms with Gasteiger partial charge in [0.15, 0.2) is 0 Å². The lowest BCUT2D eigenvalue weighted by Crippen LogP contribution is -2.29. The van der Waals surface area contributed by atoms with Crippen molar-refractivity contribution < 1.29 is 18.7 Å². The second-order valence-electron chi connectivity index (χ2n) is 8.23. The van der Waals surface area contributed by atoms with E-state index in [1.165, 1.54) is 18.0 Å². The predicted molar refractivity (Wildman–Crippen MR) is 138 cm³/mol. The molecule has 2 aromatic carbocycles. The topological polar surface area (TPSA) is 104 Å². The number of furan rings is 1. The molecule has 2 N–H and O–H groups in total. The number of benzene rings is 2. The zero-order valence-electron chi connectivity index (χ0n) is 19.9. The Kier molecular flexibility index (Phi) is 7.93. The number of nitriles is 1. The highest BCUT2D eigenvalue weighted by Crippen LogP contribution is 2.41. The van der Waals surface area contributed by atoms with Crippen molar-refractivity contribution in [3.05, 3.63) is 112 Å². The number of carbonyl (C=O) groups is 2. The van der Waals surface area contributed by atoms with E-state index >= 15 is 0 Å². The van der Waals surface area contributed by atoms with E-state index in [9.17, 15) is 14.9 Å². The van der Waals surface area contributed by atoms with Crippen molar-refractivity contribution in [2.24, 2.45) is 0 Å². The van der Waals surface area contributed by atoms with Crippen molar-refractivity contribution in [1.29, 1.82) is 5.26 Å². The normalized spacial score (nSPS) is 15.2. The number of esters is 1. The van der Waals surface area contributed by atoms with Crippen molar-refractivity contribution in [2.75, 3.05) is 11.1 Å². The standard InChI is InChI=1S/C28H25N3O4S/c1-18-10-12-21(13-11-18)31-24(32)17-36-27-22(15-29)26(23-9-6-14-34-23)25(19(2)30-27)28(33)35-16-20-7-4-3-5-8-20/h3-14,26,30H,16-17H2,1-2H3,(H,31,32)/t26-/m0/s1. The Morgan fingerprint density at radius 3 is 2.50 bits per heavy atom. The minimum absolute atomic E-state index is 0.0767. The molecule has 1 aromatic heterocycles. The largest absolute Gasteiger partial charge is 0.468 e. The Morgan fingerprint density at radius 1 is 1.08 bits per heavy atom. The Balaban J connectivity index is 1.53. The maximum absolute atomic E-state index is 13.2. The highest BCUT2D eigenvalue weighted by molar-refractivity contribution is 8.03. The smallest absolute Gasteiger partial charge is 0.337 e. The number of carbonyl (C=O) groups excluding carboxylic acids is 2. The second kappa shape index (κ2) is 11.5. The van der Waals surface area contributed by atoms with Gasteiger partial charge in [-0.2, -0.15) is 5.26 Å². The van der Waals surface area contributed by atoms with E-state index in [1.807, 2.05) is 61.5 Å². The fourth-order valence-electron chi connectivity index (χ4n) is 3.81. The number of anilines is 1. The van der Waals surface area contributed by atoms with Gasteiger partial charge in [0.25, 0.3) is 0 Å². The minimum Gasteiger partial charge on any atom is -0.468 e. The molecule has 0 bridgehead atoms. The molecule has 0 saturated heterocycles. The van der Waals surface area contributed by atoms with E-state index < -0.39 is 11.9 Å². The van der Waals surface area contributed by atoms with Crippen LogP contribution in [0.25, 0.3) is 0 Å². The fraction of sp³-hybridized carbons (Fsp3) is 0.179. The van der Waals surface area contributed by atoms with Gasteiger partial charge in [-0.05, 0) is 43.7 Å². The number of nitrogens with zero attached hydrogens (tertiary/aromatic N) is 1. The van der Waals surface area contributed by atoms with Crippen LogP contribution in [-0.4, -0.2) is 17.6 Å². The lowest BCUT2D eigenvalue weighted by atomic mass is 9.86. The van der Waals surface area contributed by atoms with Crippen LogP contribution < -0.4 is 10.6 Å². The first-order chi connectivity index (χ1) is 17.5. The van der Waals surface area contributed by atoms with E-state index in [0.717, 1.165) is 11.1 Å². The zero-order valence-corrected chi connectivity index (χ0v) is 20.7. The van der Waals surface area contributed by atoms with Crippen LogP contribution in [0.3, 0.4) is 0 Å². The van der Waals surface area contributed by atoms with Gasteiger partial charge >= 0.3 is 5.97 Å². The summed E-state index contributed by atoms with van der Waals surface area (Å²) in [6.07, 6.45) is 1.50. The maximum atomic E-state index is 13.2. The number of nitrogens with one attached hydrogen (secondary N) is 2. The van der Waals surface area contributed by atoms with Crippen LogP contribution in [0.2, 0.25) is 0 Å². The van der Waals surface area contributed by atoms with Crippen molar-refractivity contribution in [2.45, 2.75) is 26.4 Å². The average Bonchev–Trinajstić information content (AvgIpc) is 3.42. The van der Waals surface area contributed by atoms with Crippen molar-refractivity contribution in [3.63, 3.8) is 0 Å². The molecule has 1 aliphatic heterocycles. The Bertz CT molecular complexity index is 1340. The van der Waals surface area contributed by atoms with Gasteiger partial charge in [0.2, 0.25) is 5.91 Å². The van der Waals surface area contributed by atoms with Gasteiger partial charge in [-0.15, -0.1) is 0 Å². The first-order valence-corrected chi connectivity index (χ1v) is 12.3. The van der Waals surface area contributed by atoms with Crippen LogP contribution >= 0.6 is 11.8 Å². The fourth-order valence-corrected chi connectivity index (χ4v) is 4.70. The first kappa shape index (κ1) is 24.9. The monoisotopic (exact) mass is 499 g/mol. The number of hydrogen-bond acceptors (Lipinski definition) is 7. The van der Waals surface area contributed by atoms with E-state index in [1.54, 1.807) is 19.1 Å². The van der Waals surface area contributed by atoms with Crippen LogP contribution in [0.4, 0.5) is 5.69 Å². The molecule has 1 atom stereocenters. The molecular weight excluding hydrogens is 474 g/mol. The molecule has 1 amide bonds. The first-order valence-electron chi connectivity index (χ1n) is 11.3. The van der Waals surface area contributed by atoms with Gasteiger partial charge in [0.1, 0.15) is 12.4 Å². The molecule has 1 aliphatic rings. The molecule has 0 fully saturated rings. The van der Waals surface area contributed by atoms with Crippen molar-refractivity contribution in [1.82, 2.24) is 5.32 Å². The second-order valence-corrected chi connectivity index (χ2v) is 9.22. The summed E-state index contributed by atoms with van der Waals surface area (Å²) in [6.45, 7) is 3.83. The summed E-state index contributed by atoms with van der Waals surface area (Å²) in [5, 5.41) is 16.6. The lowest BCUT2D eigenvalue weighted by molar-refractivity contribution is -0.140. The number of ether oxygens (including phenoxy) is 1. The number of aryl methyl sites for hydroxylation is 1. The number of dihydropyridines is 1. The molecule has 0 unspecified atom stereocenters. The van der Waals surface area contributed by atoms with E-state index in [0.29, 0.717) is 27.7 Å². The number of hydrogen-bond donors (Lipinski definition) is 2. The van der Waals surface area contributed by atoms with Crippen LogP contribution in [0.15, 0.2) is 99.3 Å². The highest BCUT2D eigenvalue weighted by Gasteiger charge is 2.37. The number of allylic oxidation sites excluding steroid dienone is 2. The summed E-state index contributed by atoms with van der Waals surface area (Å²) in [7, 11) is 0. The Morgan fingerprint density at radius 2 is 1.83 bits per heavy atom. The number of amides is 1. The zero-order chi connectivity index (χ0) is 25.5. The predicted octanol–water partition coefficient (Wildman–Crippen LogP) is 5.40. The Hall–Kier alpha value is -4.22. The van der Waals surface area contributed by atoms with Gasteiger partial charge in [-0.3, -0.25) is 4.79 Å². The van der Waals surface area contributed by atoms with Gasteiger partial charge in [-0.25, -0.2) is 4.79 Å². The summed E-state index contributed by atoms with van der Waals surface area (Å²) >= 11 is 1.20. The molecule has 0 aliphatic carbocycles. The van der Waals surface area contributed by atoms with E-state index in [2.05, 4.69) is 16.7 Å². The molecule has 0 spiro atoms. The number of rotatable bonds is 8. The van der Waals surface area contributed by atoms with Gasteiger partial charge in [0, 0.05) is 11.4 Å². The highest BCUT2D eigenvalue weighted by atomic mass is 32.2. The van der Waals surface area contributed by atoms with Crippen LogP contribution in [0.5, 0.6) is 0 Å². The van der Waals surface area contributed by atoms with Gasteiger partial charge < -0.3 is 19.8 Å². The van der Waals surface area contributed by atoms with E-state index in [4.69, 9.17) is 9.15 Å². The molecule has 0 radical (unpaired) electrons. The lowest BCUT2D eigenvalue weighted by Gasteiger charge is -2.28. The van der Waals surface area contributed by atoms with Crippen LogP contribution in [0, 0.1) is 18.3 Å². The number of thioether (sulfide) groups is 1. The minimum atomic E-state index is -0.753. The molecule has 7 nitrogen and oxygen atoms in total. The Labute approximate surface area is 213 Å². The van der Waals surface area contributed by atoms with Gasteiger partial charge in [0.05, 0.1) is 40.2 Å². The third-order valence-electron chi connectivity index (χ3n) is 5.59. The van der Waals surface area contributed by atoms with Crippen LogP contribution in [-0.2, 0) is 20.9 Å². The summed E-state index contributed by atoms with van der Waals surface area (Å²) in [5.74, 6) is -0.981. The average molecular weight is 500 g/mol. The molecule has 182 valence electrons.